The molecule has 0 aliphatic carbocycles. The van der Waals surface area contributed by atoms with Crippen molar-refractivity contribution >= 4 is 32.3 Å². The molecule has 0 amide bonds. The SMILES string of the molecule is O=C1CN2CCO[Si](CCl)(O1)OC(=O)C2. The molecular formula is C7H10ClNO5Si. The molecule has 0 N–H and O–H groups in total. The standard InChI is InChI=1S/C7H10ClNO5Si/c8-5-15-12-2-1-9(3-6(10)13-15)4-7(11)14-15/h1-5H2. The summed E-state index contributed by atoms with van der Waals surface area (Å²) >= 11 is 5.66. The maximum atomic E-state index is 11.4. The molecule has 6 nitrogen and oxygen atoms in total. The third-order valence-electron chi connectivity index (χ3n) is 2.14. The van der Waals surface area contributed by atoms with Crippen LogP contribution in [-0.4, -0.2) is 57.4 Å². The Morgan fingerprint density at radius 3 is 2.40 bits per heavy atom. The van der Waals surface area contributed by atoms with Crippen LogP contribution in [0, 0.1) is 0 Å². The van der Waals surface area contributed by atoms with E-state index >= 15 is 0 Å². The van der Waals surface area contributed by atoms with Crippen molar-refractivity contribution in [1.29, 1.82) is 0 Å². The van der Waals surface area contributed by atoms with Gasteiger partial charge in [-0.15, -0.1) is 11.6 Å². The van der Waals surface area contributed by atoms with E-state index < -0.39 is 20.7 Å². The first-order valence-corrected chi connectivity index (χ1v) is 6.96. The molecular weight excluding hydrogens is 242 g/mol. The van der Waals surface area contributed by atoms with Gasteiger partial charge in [0.15, 0.2) is 0 Å². The second kappa shape index (κ2) is 4.09. The van der Waals surface area contributed by atoms with E-state index in [1.807, 2.05) is 0 Å². The van der Waals surface area contributed by atoms with Crippen molar-refractivity contribution in [2.75, 3.05) is 31.7 Å². The summed E-state index contributed by atoms with van der Waals surface area (Å²) in [7, 11) is -3.29. The van der Waals surface area contributed by atoms with Gasteiger partial charge in [0.25, 0.3) is 0 Å². The van der Waals surface area contributed by atoms with Gasteiger partial charge in [-0.3, -0.25) is 14.5 Å². The Morgan fingerprint density at radius 1 is 1.27 bits per heavy atom. The zero-order valence-electron chi connectivity index (χ0n) is 7.90. The van der Waals surface area contributed by atoms with E-state index in [0.717, 1.165) is 0 Å². The fraction of sp³-hybridized carbons (Fsp3) is 0.714. The van der Waals surface area contributed by atoms with Crippen LogP contribution in [0.4, 0.5) is 0 Å². The fourth-order valence-corrected chi connectivity index (χ4v) is 3.62. The van der Waals surface area contributed by atoms with E-state index in [1.165, 1.54) is 0 Å². The van der Waals surface area contributed by atoms with Crippen LogP contribution in [0.1, 0.15) is 0 Å². The molecule has 3 fully saturated rings. The monoisotopic (exact) mass is 251 g/mol. The van der Waals surface area contributed by atoms with Gasteiger partial charge >= 0.3 is 20.7 Å². The molecule has 8 heteroatoms. The Labute approximate surface area is 92.4 Å². The number of halogens is 1. The van der Waals surface area contributed by atoms with E-state index in [0.29, 0.717) is 13.2 Å². The van der Waals surface area contributed by atoms with Gasteiger partial charge in [0.05, 0.1) is 19.7 Å². The summed E-state index contributed by atoms with van der Waals surface area (Å²) in [6, 6.07) is 0. The Morgan fingerprint density at radius 2 is 1.87 bits per heavy atom. The van der Waals surface area contributed by atoms with Crippen LogP contribution in [-0.2, 0) is 22.9 Å². The van der Waals surface area contributed by atoms with E-state index in [9.17, 15) is 9.59 Å². The second-order valence-electron chi connectivity index (χ2n) is 3.32. The molecule has 3 heterocycles. The molecule has 3 aliphatic heterocycles. The predicted molar refractivity (Wildman–Crippen MR) is 51.1 cm³/mol. The largest absolute Gasteiger partial charge is 0.651 e. The summed E-state index contributed by atoms with van der Waals surface area (Å²) in [5.74, 6) is -0.899. The highest BCUT2D eigenvalue weighted by Gasteiger charge is 2.51. The van der Waals surface area contributed by atoms with Crippen molar-refractivity contribution in [3.05, 3.63) is 0 Å². The first-order valence-electron chi connectivity index (χ1n) is 4.49. The first-order chi connectivity index (χ1) is 7.13. The number of carbonyl (C=O) groups excluding carboxylic acids is 2. The molecule has 0 saturated carbocycles. The fourth-order valence-electron chi connectivity index (χ4n) is 1.49. The maximum Gasteiger partial charge on any atom is 0.651 e. The van der Waals surface area contributed by atoms with Gasteiger partial charge in [-0.2, -0.15) is 0 Å². The van der Waals surface area contributed by atoms with Crippen LogP contribution in [0.15, 0.2) is 0 Å². The molecule has 3 aliphatic rings. The minimum atomic E-state index is -3.29. The Bertz CT molecular complexity index is 279. The topological polar surface area (TPSA) is 65.1 Å². The van der Waals surface area contributed by atoms with Crippen molar-refractivity contribution in [3.8, 4) is 0 Å². The second-order valence-corrected chi connectivity index (χ2v) is 6.46. The van der Waals surface area contributed by atoms with Gasteiger partial charge < -0.3 is 13.3 Å². The van der Waals surface area contributed by atoms with Crippen molar-refractivity contribution in [3.63, 3.8) is 0 Å². The number of nitrogens with zero attached hydrogens (tertiary/aromatic N) is 1. The molecule has 0 aromatic heterocycles. The predicted octanol–water partition coefficient (Wildman–Crippen LogP) is -0.865. The molecule has 0 spiro atoms. The molecule has 0 unspecified atom stereocenters. The van der Waals surface area contributed by atoms with Crippen LogP contribution in [0.5, 0.6) is 0 Å². The third-order valence-corrected chi connectivity index (χ3v) is 5.17. The summed E-state index contributed by atoms with van der Waals surface area (Å²) in [6.07, 6.45) is 0. The molecule has 15 heavy (non-hydrogen) atoms. The van der Waals surface area contributed by atoms with Gasteiger partial charge in [-0.25, -0.2) is 0 Å². The third kappa shape index (κ3) is 2.31. The highest BCUT2D eigenvalue weighted by molar-refractivity contribution is 6.71. The number of alkyl halides is 1. The van der Waals surface area contributed by atoms with E-state index in [4.69, 9.17) is 24.9 Å². The summed E-state index contributed by atoms with van der Waals surface area (Å²) < 4.78 is 15.4. The van der Waals surface area contributed by atoms with Crippen molar-refractivity contribution < 1.29 is 22.9 Å². The number of hydrogen-bond donors (Lipinski definition) is 0. The lowest BCUT2D eigenvalue weighted by atomic mass is 10.4. The summed E-state index contributed by atoms with van der Waals surface area (Å²) in [4.78, 5) is 24.3. The van der Waals surface area contributed by atoms with E-state index in [2.05, 4.69) is 0 Å². The summed E-state index contributed by atoms with van der Waals surface area (Å²) in [5, 5.41) is 0. The summed E-state index contributed by atoms with van der Waals surface area (Å²) in [5.41, 5.74) is -0.0928. The molecule has 3 saturated heterocycles. The van der Waals surface area contributed by atoms with Gasteiger partial charge in [0, 0.05) is 6.54 Å². The van der Waals surface area contributed by atoms with Gasteiger partial charge in [0.2, 0.25) is 0 Å². The quantitative estimate of drug-likeness (QED) is 0.446. The molecule has 2 bridgehead atoms. The minimum absolute atomic E-state index is 0.0874. The van der Waals surface area contributed by atoms with Gasteiger partial charge in [0.1, 0.15) is 5.50 Å². The van der Waals surface area contributed by atoms with Crippen molar-refractivity contribution in [2.45, 2.75) is 0 Å². The minimum Gasteiger partial charge on any atom is -0.463 e. The van der Waals surface area contributed by atoms with Crippen molar-refractivity contribution in [2.24, 2.45) is 0 Å². The lowest BCUT2D eigenvalue weighted by molar-refractivity contribution is -0.154. The number of rotatable bonds is 1. The molecule has 0 aromatic rings. The Hall–Kier alpha value is -0.633. The molecule has 3 rings (SSSR count). The smallest absolute Gasteiger partial charge is 0.463 e. The number of carbonyl (C=O) groups is 2. The van der Waals surface area contributed by atoms with Crippen LogP contribution in [0.25, 0.3) is 0 Å². The Kier molecular flexibility index (Phi) is 2.96. The average molecular weight is 252 g/mol. The lowest BCUT2D eigenvalue weighted by Crippen LogP contribution is -2.59. The normalized spacial score (nSPS) is 36.2. The van der Waals surface area contributed by atoms with Crippen LogP contribution >= 0.6 is 11.6 Å². The highest BCUT2D eigenvalue weighted by atomic mass is 35.5. The van der Waals surface area contributed by atoms with E-state index in [-0.39, 0.29) is 18.6 Å². The molecule has 84 valence electrons. The molecule has 0 aromatic carbocycles. The van der Waals surface area contributed by atoms with Gasteiger partial charge in [-0.1, -0.05) is 0 Å². The van der Waals surface area contributed by atoms with Crippen LogP contribution in [0.2, 0.25) is 0 Å². The molecule has 0 atom stereocenters. The Balaban J connectivity index is 2.26. The molecule has 0 radical (unpaired) electrons. The average Bonchev–Trinajstić information content (AvgIpc) is 2.10. The van der Waals surface area contributed by atoms with Crippen LogP contribution < -0.4 is 0 Å². The lowest BCUT2D eigenvalue weighted by Gasteiger charge is -2.35. The van der Waals surface area contributed by atoms with Crippen LogP contribution in [0.3, 0.4) is 0 Å². The zero-order valence-corrected chi connectivity index (χ0v) is 9.66. The summed E-state index contributed by atoms with van der Waals surface area (Å²) in [6.45, 7) is 1.05. The zero-order chi connectivity index (χ0) is 10.9. The van der Waals surface area contributed by atoms with E-state index in [1.54, 1.807) is 4.90 Å². The van der Waals surface area contributed by atoms with Gasteiger partial charge in [-0.05, 0) is 0 Å². The number of fused-ring (bicyclic) bond motifs is 6. The van der Waals surface area contributed by atoms with Crippen molar-refractivity contribution in [1.82, 2.24) is 4.90 Å². The maximum absolute atomic E-state index is 11.4. The number of hydrogen-bond acceptors (Lipinski definition) is 6. The highest BCUT2D eigenvalue weighted by Crippen LogP contribution is 2.18. The first kappa shape index (κ1) is 10.9.